The van der Waals surface area contributed by atoms with E-state index in [1.54, 1.807) is 20.8 Å². The summed E-state index contributed by atoms with van der Waals surface area (Å²) in [6.07, 6.45) is 0.288. The Balaban J connectivity index is 1.91. The largest absolute Gasteiger partial charge is 0.444 e. The van der Waals surface area contributed by atoms with Crippen LogP contribution in [0.1, 0.15) is 32.8 Å². The number of amides is 1. The first-order chi connectivity index (χ1) is 10.7. The van der Waals surface area contributed by atoms with Gasteiger partial charge < -0.3 is 10.1 Å². The first-order valence-electron chi connectivity index (χ1n) is 7.50. The summed E-state index contributed by atoms with van der Waals surface area (Å²) >= 11 is 3.10. The summed E-state index contributed by atoms with van der Waals surface area (Å²) in [4.78, 5) is 13.7. The van der Waals surface area contributed by atoms with Crippen molar-refractivity contribution in [1.29, 1.82) is 0 Å². The van der Waals surface area contributed by atoms with Crippen LogP contribution < -0.4 is 5.32 Å². The molecule has 1 amide bonds. The van der Waals surface area contributed by atoms with E-state index in [9.17, 15) is 13.6 Å². The topological polar surface area (TPSA) is 41.6 Å². The number of benzene rings is 1. The first kappa shape index (κ1) is 18.1. The lowest BCUT2D eigenvalue weighted by molar-refractivity contribution is 0.0505. The Morgan fingerprint density at radius 1 is 1.39 bits per heavy atom. The first-order valence-corrected chi connectivity index (χ1v) is 8.29. The van der Waals surface area contributed by atoms with E-state index in [0.717, 1.165) is 18.6 Å². The molecule has 0 unspecified atom stereocenters. The predicted octanol–water partition coefficient (Wildman–Crippen LogP) is 3.83. The zero-order valence-electron chi connectivity index (χ0n) is 13.5. The number of hydrogen-bond donors (Lipinski definition) is 1. The van der Waals surface area contributed by atoms with Crippen LogP contribution in [0.3, 0.4) is 0 Å². The van der Waals surface area contributed by atoms with E-state index in [0.29, 0.717) is 18.7 Å². The molecule has 0 aromatic heterocycles. The van der Waals surface area contributed by atoms with Crippen molar-refractivity contribution in [3.05, 3.63) is 33.8 Å². The van der Waals surface area contributed by atoms with Gasteiger partial charge in [-0.3, -0.25) is 4.90 Å². The molecular weight excluding hydrogens is 370 g/mol. The van der Waals surface area contributed by atoms with E-state index in [4.69, 9.17) is 4.74 Å². The number of carbonyl (C=O) groups excluding carboxylic acids is 1. The van der Waals surface area contributed by atoms with Crippen LogP contribution >= 0.6 is 15.9 Å². The van der Waals surface area contributed by atoms with Gasteiger partial charge in [-0.15, -0.1) is 0 Å². The summed E-state index contributed by atoms with van der Waals surface area (Å²) in [5, 5.41) is 2.81. The van der Waals surface area contributed by atoms with Crippen molar-refractivity contribution in [3.8, 4) is 0 Å². The smallest absolute Gasteiger partial charge is 0.407 e. The van der Waals surface area contributed by atoms with E-state index in [1.165, 1.54) is 0 Å². The average Bonchev–Trinajstić information content (AvgIpc) is 2.84. The Kier molecular flexibility index (Phi) is 5.62. The van der Waals surface area contributed by atoms with Crippen LogP contribution in [0.25, 0.3) is 0 Å². The lowest BCUT2D eigenvalue weighted by atomic mass is 10.2. The van der Waals surface area contributed by atoms with Gasteiger partial charge in [0.05, 0.1) is 4.47 Å². The van der Waals surface area contributed by atoms with Gasteiger partial charge in [0.25, 0.3) is 0 Å². The Morgan fingerprint density at radius 2 is 2.04 bits per heavy atom. The molecule has 1 aromatic carbocycles. The highest BCUT2D eigenvalue weighted by molar-refractivity contribution is 9.10. The van der Waals surface area contributed by atoms with Crippen molar-refractivity contribution < 1.29 is 18.3 Å². The summed E-state index contributed by atoms with van der Waals surface area (Å²) in [5.41, 5.74) is -0.249. The van der Waals surface area contributed by atoms with Crippen LogP contribution in [0.15, 0.2) is 16.6 Å². The van der Waals surface area contributed by atoms with Crippen LogP contribution in [0.4, 0.5) is 13.6 Å². The number of nitrogens with one attached hydrogen (secondary N) is 1. The quantitative estimate of drug-likeness (QED) is 0.797. The van der Waals surface area contributed by atoms with E-state index in [-0.39, 0.29) is 17.1 Å². The van der Waals surface area contributed by atoms with Crippen molar-refractivity contribution >= 4 is 22.0 Å². The van der Waals surface area contributed by atoms with Gasteiger partial charge in [-0.2, -0.15) is 0 Å². The number of halogens is 3. The van der Waals surface area contributed by atoms with Crippen molar-refractivity contribution in [3.63, 3.8) is 0 Å². The number of hydrogen-bond acceptors (Lipinski definition) is 3. The highest BCUT2D eigenvalue weighted by atomic mass is 79.9. The van der Waals surface area contributed by atoms with E-state index < -0.39 is 23.3 Å². The number of nitrogens with zero attached hydrogens (tertiary/aromatic N) is 1. The highest BCUT2D eigenvalue weighted by Crippen LogP contribution is 2.26. The van der Waals surface area contributed by atoms with Crippen molar-refractivity contribution in [2.45, 2.75) is 45.4 Å². The normalized spacial score (nSPS) is 19.0. The fourth-order valence-corrected chi connectivity index (χ4v) is 2.95. The van der Waals surface area contributed by atoms with Crippen molar-refractivity contribution in [1.82, 2.24) is 10.2 Å². The standard InChI is InChI=1S/C16H21BrF2N2O2/c1-16(2,3)23-15(22)20-10-6-7-21(8-10)9-11-12(18)4-5-13(19)14(11)17/h4-5,10H,6-9H2,1-3H3,(H,20,22)/t10-/m1/s1. The molecule has 23 heavy (non-hydrogen) atoms. The summed E-state index contributed by atoms with van der Waals surface area (Å²) in [7, 11) is 0. The molecule has 1 heterocycles. The SMILES string of the molecule is CC(C)(C)OC(=O)N[C@@H]1CCN(Cc2c(F)ccc(F)c2Br)C1. The Labute approximate surface area is 143 Å². The molecule has 1 aromatic rings. The van der Waals surface area contributed by atoms with E-state index >= 15 is 0 Å². The van der Waals surface area contributed by atoms with Crippen LogP contribution in [0, 0.1) is 11.6 Å². The fourth-order valence-electron chi connectivity index (χ4n) is 2.51. The molecule has 2 rings (SSSR count). The molecule has 1 aliphatic heterocycles. The van der Waals surface area contributed by atoms with Gasteiger partial charge in [0, 0.05) is 31.2 Å². The minimum absolute atomic E-state index is 0.0553. The maximum atomic E-state index is 13.9. The summed E-state index contributed by atoms with van der Waals surface area (Å²) in [6.45, 7) is 6.97. The lowest BCUT2D eigenvalue weighted by Crippen LogP contribution is -2.40. The molecule has 1 fully saturated rings. The van der Waals surface area contributed by atoms with E-state index in [2.05, 4.69) is 21.2 Å². The van der Waals surface area contributed by atoms with Gasteiger partial charge in [-0.25, -0.2) is 13.6 Å². The average molecular weight is 391 g/mol. The monoisotopic (exact) mass is 390 g/mol. The molecule has 7 heteroatoms. The number of alkyl carbamates (subject to hydrolysis) is 1. The molecule has 0 saturated carbocycles. The highest BCUT2D eigenvalue weighted by Gasteiger charge is 2.27. The summed E-state index contributed by atoms with van der Waals surface area (Å²) in [6, 6.07) is 2.17. The maximum absolute atomic E-state index is 13.9. The lowest BCUT2D eigenvalue weighted by Gasteiger charge is -2.22. The maximum Gasteiger partial charge on any atom is 0.407 e. The Morgan fingerprint density at radius 3 is 2.70 bits per heavy atom. The minimum atomic E-state index is -0.544. The molecule has 4 nitrogen and oxygen atoms in total. The molecule has 0 spiro atoms. The molecule has 0 aliphatic carbocycles. The number of likely N-dealkylation sites (tertiary alicyclic amines) is 1. The molecule has 0 bridgehead atoms. The van der Waals surface area contributed by atoms with Gasteiger partial charge in [0.15, 0.2) is 0 Å². The Hall–Kier alpha value is -1.21. The Bertz CT molecular complexity index is 590. The van der Waals surface area contributed by atoms with Crippen molar-refractivity contribution in [2.24, 2.45) is 0 Å². The molecule has 128 valence electrons. The minimum Gasteiger partial charge on any atom is -0.444 e. The second-order valence-electron chi connectivity index (χ2n) is 6.69. The molecular formula is C16H21BrF2N2O2. The third-order valence-electron chi connectivity index (χ3n) is 3.51. The second kappa shape index (κ2) is 7.13. The van der Waals surface area contributed by atoms with Crippen LogP contribution in [-0.4, -0.2) is 35.7 Å². The second-order valence-corrected chi connectivity index (χ2v) is 7.48. The van der Waals surface area contributed by atoms with Crippen molar-refractivity contribution in [2.75, 3.05) is 13.1 Å². The third kappa shape index (κ3) is 5.14. The molecule has 0 radical (unpaired) electrons. The molecule has 1 atom stereocenters. The molecule has 1 N–H and O–H groups in total. The molecule has 1 aliphatic rings. The zero-order valence-corrected chi connectivity index (χ0v) is 15.0. The third-order valence-corrected chi connectivity index (χ3v) is 4.37. The van der Waals surface area contributed by atoms with E-state index in [1.807, 2.05) is 4.90 Å². The molecule has 1 saturated heterocycles. The van der Waals surface area contributed by atoms with Crippen LogP contribution in [0.5, 0.6) is 0 Å². The van der Waals surface area contributed by atoms with Gasteiger partial charge >= 0.3 is 6.09 Å². The number of ether oxygens (including phenoxy) is 1. The van der Waals surface area contributed by atoms with Crippen LogP contribution in [-0.2, 0) is 11.3 Å². The number of carbonyl (C=O) groups is 1. The fraction of sp³-hybridized carbons (Fsp3) is 0.562. The predicted molar refractivity (Wildman–Crippen MR) is 87.1 cm³/mol. The summed E-state index contributed by atoms with van der Waals surface area (Å²) in [5.74, 6) is -0.925. The van der Waals surface area contributed by atoms with Gasteiger partial charge in [0.2, 0.25) is 0 Å². The van der Waals surface area contributed by atoms with Crippen LogP contribution in [0.2, 0.25) is 0 Å². The van der Waals surface area contributed by atoms with Gasteiger partial charge in [0.1, 0.15) is 17.2 Å². The van der Waals surface area contributed by atoms with Gasteiger partial charge in [-0.1, -0.05) is 0 Å². The number of rotatable bonds is 3. The van der Waals surface area contributed by atoms with Gasteiger partial charge in [-0.05, 0) is 55.3 Å². The summed E-state index contributed by atoms with van der Waals surface area (Å²) < 4.78 is 32.8. The zero-order chi connectivity index (χ0) is 17.2.